The van der Waals surface area contributed by atoms with Crippen molar-refractivity contribution in [2.24, 2.45) is 0 Å². The maximum atomic E-state index is 11.9. The summed E-state index contributed by atoms with van der Waals surface area (Å²) < 4.78 is 5.05. The molecule has 1 unspecified atom stereocenters. The number of fused-ring (bicyclic) bond motifs is 1. The van der Waals surface area contributed by atoms with E-state index in [1.54, 1.807) is 13.0 Å². The molecule has 5 heteroatoms. The van der Waals surface area contributed by atoms with E-state index >= 15 is 0 Å². The lowest BCUT2D eigenvalue weighted by Crippen LogP contribution is -2.13. The van der Waals surface area contributed by atoms with Crippen LogP contribution in [0.15, 0.2) is 53.3 Å². The van der Waals surface area contributed by atoms with Gasteiger partial charge in [0.1, 0.15) is 0 Å². The van der Waals surface area contributed by atoms with Crippen molar-refractivity contribution in [3.63, 3.8) is 0 Å². The maximum absolute atomic E-state index is 11.9. The minimum Gasteiger partial charge on any atom is -0.466 e. The minimum absolute atomic E-state index is 0.207. The van der Waals surface area contributed by atoms with Crippen molar-refractivity contribution < 1.29 is 9.53 Å². The number of benzene rings is 2. The Kier molecular flexibility index (Phi) is 4.42. The molecule has 1 aromatic heterocycles. The van der Waals surface area contributed by atoms with Gasteiger partial charge in [-0.25, -0.2) is 5.10 Å². The molecule has 0 spiro atoms. The fourth-order valence-corrected chi connectivity index (χ4v) is 2.67. The van der Waals surface area contributed by atoms with Gasteiger partial charge in [0.2, 0.25) is 0 Å². The summed E-state index contributed by atoms with van der Waals surface area (Å²) in [5, 5.41) is 8.12. The zero-order chi connectivity index (χ0) is 17.1. The van der Waals surface area contributed by atoms with Crippen molar-refractivity contribution >= 4 is 16.7 Å². The van der Waals surface area contributed by atoms with Gasteiger partial charge >= 0.3 is 5.97 Å². The first-order valence-electron chi connectivity index (χ1n) is 7.86. The zero-order valence-corrected chi connectivity index (χ0v) is 13.6. The van der Waals surface area contributed by atoms with Crippen LogP contribution in [0.5, 0.6) is 0 Å². The number of carbonyl (C=O) groups is 1. The number of hydrogen-bond donors (Lipinski definition) is 1. The number of esters is 1. The smallest absolute Gasteiger partial charge is 0.313 e. The predicted molar refractivity (Wildman–Crippen MR) is 92.8 cm³/mol. The number of hydrogen-bond acceptors (Lipinski definition) is 4. The molecule has 0 amide bonds. The number of rotatable bonds is 4. The third-order valence-corrected chi connectivity index (χ3v) is 4.02. The third-order valence-electron chi connectivity index (χ3n) is 4.02. The van der Waals surface area contributed by atoms with E-state index in [4.69, 9.17) is 4.74 Å². The minimum atomic E-state index is -0.320. The lowest BCUT2D eigenvalue weighted by Gasteiger charge is -2.11. The molecule has 1 N–H and O–H groups in total. The number of H-pyrrole nitrogens is 1. The van der Waals surface area contributed by atoms with Crippen LogP contribution < -0.4 is 5.56 Å². The van der Waals surface area contributed by atoms with Gasteiger partial charge in [-0.15, -0.1) is 0 Å². The fraction of sp³-hybridized carbons (Fsp3) is 0.211. The van der Waals surface area contributed by atoms with E-state index in [1.807, 2.05) is 49.4 Å². The number of carbonyl (C=O) groups excluding carboxylic acids is 1. The molecule has 0 bridgehead atoms. The van der Waals surface area contributed by atoms with Crippen LogP contribution >= 0.6 is 0 Å². The number of ether oxygens (including phenoxy) is 1. The zero-order valence-electron chi connectivity index (χ0n) is 13.6. The summed E-state index contributed by atoms with van der Waals surface area (Å²) in [6, 6.07) is 14.9. The Morgan fingerprint density at radius 1 is 1.12 bits per heavy atom. The van der Waals surface area contributed by atoms with Crippen LogP contribution in [0.4, 0.5) is 0 Å². The Bertz CT molecular complexity index is 929. The van der Waals surface area contributed by atoms with E-state index in [0.717, 1.165) is 16.5 Å². The maximum Gasteiger partial charge on any atom is 0.313 e. The molecule has 3 aromatic rings. The SMILES string of the molecule is CCOC(=O)C(C)c1ccc(-c2n[nH]c(=O)c3ccccc23)cc1. The van der Waals surface area contributed by atoms with E-state index < -0.39 is 0 Å². The van der Waals surface area contributed by atoms with Gasteiger partial charge in [-0.3, -0.25) is 9.59 Å². The average Bonchev–Trinajstić information content (AvgIpc) is 2.62. The second-order valence-corrected chi connectivity index (χ2v) is 5.54. The highest BCUT2D eigenvalue weighted by molar-refractivity contribution is 5.93. The molecule has 0 aliphatic carbocycles. The van der Waals surface area contributed by atoms with E-state index in [0.29, 0.717) is 17.7 Å². The van der Waals surface area contributed by atoms with Crippen LogP contribution in [0, 0.1) is 0 Å². The summed E-state index contributed by atoms with van der Waals surface area (Å²) in [5.74, 6) is -0.558. The Morgan fingerprint density at radius 2 is 1.79 bits per heavy atom. The van der Waals surface area contributed by atoms with Crippen molar-refractivity contribution in [1.82, 2.24) is 10.2 Å². The van der Waals surface area contributed by atoms with Crippen molar-refractivity contribution in [1.29, 1.82) is 0 Å². The molecule has 0 aliphatic rings. The number of aromatic nitrogens is 2. The fourth-order valence-electron chi connectivity index (χ4n) is 2.67. The highest BCUT2D eigenvalue weighted by atomic mass is 16.5. The Balaban J connectivity index is 1.99. The molecule has 24 heavy (non-hydrogen) atoms. The summed E-state index contributed by atoms with van der Waals surface area (Å²) in [6.45, 7) is 3.98. The molecule has 0 saturated heterocycles. The summed E-state index contributed by atoms with van der Waals surface area (Å²) in [6.07, 6.45) is 0. The molecule has 5 nitrogen and oxygen atoms in total. The highest BCUT2D eigenvalue weighted by Crippen LogP contribution is 2.26. The van der Waals surface area contributed by atoms with Crippen LogP contribution in [-0.2, 0) is 9.53 Å². The quantitative estimate of drug-likeness (QED) is 0.748. The first kappa shape index (κ1) is 15.9. The lowest BCUT2D eigenvalue weighted by molar-refractivity contribution is -0.144. The number of aromatic amines is 1. The second-order valence-electron chi connectivity index (χ2n) is 5.54. The van der Waals surface area contributed by atoms with E-state index in [9.17, 15) is 9.59 Å². The van der Waals surface area contributed by atoms with Gasteiger partial charge in [-0.05, 0) is 25.5 Å². The first-order valence-corrected chi connectivity index (χ1v) is 7.86. The predicted octanol–water partition coefficient (Wildman–Crippen LogP) is 3.26. The molecule has 0 aliphatic heterocycles. The van der Waals surface area contributed by atoms with Gasteiger partial charge in [-0.2, -0.15) is 5.10 Å². The summed E-state index contributed by atoms with van der Waals surface area (Å²) in [7, 11) is 0. The van der Waals surface area contributed by atoms with Gasteiger partial charge in [0.05, 0.1) is 23.6 Å². The first-order chi connectivity index (χ1) is 11.6. The van der Waals surface area contributed by atoms with Crippen LogP contribution in [0.1, 0.15) is 25.3 Å². The molecule has 2 aromatic carbocycles. The molecule has 0 fully saturated rings. The normalized spacial score (nSPS) is 12.1. The second kappa shape index (κ2) is 6.66. The van der Waals surface area contributed by atoms with Crippen molar-refractivity contribution in [3.8, 4) is 11.3 Å². The molecule has 3 rings (SSSR count). The molecule has 0 saturated carbocycles. The van der Waals surface area contributed by atoms with E-state index in [-0.39, 0.29) is 17.4 Å². The van der Waals surface area contributed by atoms with Gasteiger partial charge < -0.3 is 4.74 Å². The standard InChI is InChI=1S/C19H18N2O3/c1-3-24-19(23)12(2)13-8-10-14(11-9-13)17-15-6-4-5-7-16(15)18(22)21-20-17/h4-12H,3H2,1-2H3,(H,21,22). The summed E-state index contributed by atoms with van der Waals surface area (Å²) >= 11 is 0. The van der Waals surface area contributed by atoms with E-state index in [1.165, 1.54) is 0 Å². The largest absolute Gasteiger partial charge is 0.466 e. The van der Waals surface area contributed by atoms with Crippen LogP contribution in [0.3, 0.4) is 0 Å². The average molecular weight is 322 g/mol. The van der Waals surface area contributed by atoms with Crippen molar-refractivity contribution in [3.05, 3.63) is 64.4 Å². The third kappa shape index (κ3) is 2.93. The number of nitrogens with one attached hydrogen (secondary N) is 1. The van der Waals surface area contributed by atoms with E-state index in [2.05, 4.69) is 10.2 Å². The van der Waals surface area contributed by atoms with Gasteiger partial charge in [-0.1, -0.05) is 42.5 Å². The number of nitrogens with zero attached hydrogens (tertiary/aromatic N) is 1. The molecule has 1 heterocycles. The Labute approximate surface area is 139 Å². The van der Waals surface area contributed by atoms with Crippen LogP contribution in [0.25, 0.3) is 22.0 Å². The van der Waals surface area contributed by atoms with Crippen LogP contribution in [0.2, 0.25) is 0 Å². The lowest BCUT2D eigenvalue weighted by atomic mass is 9.98. The molecule has 1 atom stereocenters. The van der Waals surface area contributed by atoms with Gasteiger partial charge in [0.15, 0.2) is 0 Å². The van der Waals surface area contributed by atoms with Gasteiger partial charge in [0, 0.05) is 10.9 Å². The highest BCUT2D eigenvalue weighted by Gasteiger charge is 2.16. The Morgan fingerprint density at radius 3 is 2.46 bits per heavy atom. The van der Waals surface area contributed by atoms with Crippen LogP contribution in [-0.4, -0.2) is 22.8 Å². The molecule has 122 valence electrons. The molecule has 0 radical (unpaired) electrons. The van der Waals surface area contributed by atoms with Gasteiger partial charge in [0.25, 0.3) is 5.56 Å². The van der Waals surface area contributed by atoms with Crippen molar-refractivity contribution in [2.75, 3.05) is 6.61 Å². The topological polar surface area (TPSA) is 72.0 Å². The molecular weight excluding hydrogens is 304 g/mol. The summed E-state index contributed by atoms with van der Waals surface area (Å²) in [4.78, 5) is 23.7. The monoisotopic (exact) mass is 322 g/mol. The van der Waals surface area contributed by atoms with Crippen molar-refractivity contribution in [2.45, 2.75) is 19.8 Å². The summed E-state index contributed by atoms with van der Waals surface area (Å²) in [5.41, 5.74) is 2.26. The Hall–Kier alpha value is -2.95. The molecular formula is C19H18N2O3.